The van der Waals surface area contributed by atoms with Crippen LogP contribution in [-0.4, -0.2) is 0 Å². The fourth-order valence-corrected chi connectivity index (χ4v) is 2.46. The molecule has 0 spiro atoms. The van der Waals surface area contributed by atoms with Gasteiger partial charge in [0, 0.05) is 16.7 Å². The highest BCUT2D eigenvalue weighted by Crippen LogP contribution is 2.25. The Morgan fingerprint density at radius 1 is 0.895 bits per heavy atom. The Morgan fingerprint density at radius 2 is 1.53 bits per heavy atom. The summed E-state index contributed by atoms with van der Waals surface area (Å²) in [5.74, 6) is 0. The number of nitrogens with one attached hydrogen (secondary N) is 1. The predicted molar refractivity (Wildman–Crippen MR) is 86.9 cm³/mol. The van der Waals surface area contributed by atoms with Gasteiger partial charge in [0.05, 0.1) is 0 Å². The third-order valence-corrected chi connectivity index (χ3v) is 4.67. The van der Waals surface area contributed by atoms with Crippen LogP contribution < -0.4 is 5.32 Å². The molecule has 0 aliphatic rings. The zero-order chi connectivity index (χ0) is 14.0. The summed E-state index contributed by atoms with van der Waals surface area (Å²) in [5, 5.41) is 3.52. The summed E-state index contributed by atoms with van der Waals surface area (Å²) < 4.78 is 1.20. The summed E-state index contributed by atoms with van der Waals surface area (Å²) in [6.45, 7) is 9.42. The van der Waals surface area contributed by atoms with Gasteiger partial charge in [-0.15, -0.1) is 0 Å². The van der Waals surface area contributed by atoms with E-state index in [1.807, 2.05) is 0 Å². The Bertz CT molecular complexity index is 579. The molecule has 0 aliphatic carbocycles. The smallest absolute Gasteiger partial charge is 0.0403 e. The lowest BCUT2D eigenvalue weighted by Gasteiger charge is -2.12. The molecule has 0 unspecified atom stereocenters. The Labute approximate surface area is 124 Å². The largest absolute Gasteiger partial charge is 0.381 e. The first-order valence-electron chi connectivity index (χ1n) is 6.54. The summed E-state index contributed by atoms with van der Waals surface area (Å²) in [5.41, 5.74) is 7.72. The number of hydrogen-bond acceptors (Lipinski definition) is 1. The van der Waals surface area contributed by atoms with E-state index in [1.165, 1.54) is 38.0 Å². The van der Waals surface area contributed by atoms with Crippen molar-refractivity contribution in [1.29, 1.82) is 0 Å². The van der Waals surface area contributed by atoms with Gasteiger partial charge in [0.1, 0.15) is 0 Å². The molecule has 0 heterocycles. The second-order valence-corrected chi connectivity index (χ2v) is 6.00. The van der Waals surface area contributed by atoms with Crippen LogP contribution in [0.2, 0.25) is 0 Å². The van der Waals surface area contributed by atoms with Crippen LogP contribution in [-0.2, 0) is 6.54 Å². The third kappa shape index (κ3) is 3.38. The van der Waals surface area contributed by atoms with Crippen LogP contribution in [0.15, 0.2) is 34.8 Å². The number of benzene rings is 2. The quantitative estimate of drug-likeness (QED) is 0.810. The van der Waals surface area contributed by atoms with E-state index in [9.17, 15) is 0 Å². The highest BCUT2D eigenvalue weighted by Gasteiger charge is 2.03. The molecule has 0 saturated heterocycles. The van der Waals surface area contributed by atoms with Gasteiger partial charge in [0.25, 0.3) is 0 Å². The highest BCUT2D eigenvalue weighted by molar-refractivity contribution is 9.10. The van der Waals surface area contributed by atoms with E-state index < -0.39 is 0 Å². The zero-order valence-electron chi connectivity index (χ0n) is 12.0. The lowest BCUT2D eigenvalue weighted by molar-refractivity contribution is 1.11. The molecule has 0 aliphatic heterocycles. The average Bonchev–Trinajstić information content (AvgIpc) is 2.37. The monoisotopic (exact) mass is 317 g/mol. The number of halogens is 1. The van der Waals surface area contributed by atoms with Crippen LogP contribution in [0.1, 0.15) is 27.8 Å². The van der Waals surface area contributed by atoms with Crippen molar-refractivity contribution in [1.82, 2.24) is 0 Å². The predicted octanol–water partition coefficient (Wildman–Crippen LogP) is 5.29. The van der Waals surface area contributed by atoms with Crippen LogP contribution in [0.4, 0.5) is 5.69 Å². The Hall–Kier alpha value is -1.28. The van der Waals surface area contributed by atoms with Gasteiger partial charge in [-0.3, -0.25) is 0 Å². The third-order valence-electron chi connectivity index (χ3n) is 3.42. The molecular weight excluding hydrogens is 298 g/mol. The van der Waals surface area contributed by atoms with E-state index >= 15 is 0 Å². The van der Waals surface area contributed by atoms with E-state index in [4.69, 9.17) is 0 Å². The van der Waals surface area contributed by atoms with Crippen LogP contribution >= 0.6 is 15.9 Å². The normalized spacial score (nSPS) is 10.6. The number of rotatable bonds is 3. The van der Waals surface area contributed by atoms with Crippen molar-refractivity contribution in [3.8, 4) is 0 Å². The van der Waals surface area contributed by atoms with Crippen LogP contribution in [0, 0.1) is 27.7 Å². The summed E-state index contributed by atoms with van der Waals surface area (Å²) in [4.78, 5) is 0. The SMILES string of the molecule is Cc1ccc(C)c(CNc2cc(C)c(Br)c(C)c2)c1. The van der Waals surface area contributed by atoms with Gasteiger partial charge >= 0.3 is 0 Å². The Kier molecular flexibility index (Phi) is 4.31. The van der Waals surface area contributed by atoms with E-state index in [2.05, 4.69) is 79.3 Å². The number of hydrogen-bond donors (Lipinski definition) is 1. The summed E-state index contributed by atoms with van der Waals surface area (Å²) in [6.07, 6.45) is 0. The first kappa shape index (κ1) is 14.1. The molecule has 100 valence electrons. The van der Waals surface area contributed by atoms with Crippen molar-refractivity contribution in [2.75, 3.05) is 5.32 Å². The van der Waals surface area contributed by atoms with E-state index in [0.29, 0.717) is 0 Å². The first-order valence-corrected chi connectivity index (χ1v) is 7.33. The van der Waals surface area contributed by atoms with Gasteiger partial charge < -0.3 is 5.32 Å². The van der Waals surface area contributed by atoms with Crippen molar-refractivity contribution in [2.45, 2.75) is 34.2 Å². The zero-order valence-corrected chi connectivity index (χ0v) is 13.6. The maximum absolute atomic E-state index is 3.60. The molecule has 0 amide bonds. The van der Waals surface area contributed by atoms with E-state index in [0.717, 1.165) is 6.54 Å². The minimum Gasteiger partial charge on any atom is -0.381 e. The molecule has 2 aromatic carbocycles. The maximum Gasteiger partial charge on any atom is 0.0403 e. The second-order valence-electron chi connectivity index (χ2n) is 5.21. The molecule has 0 bridgehead atoms. The lowest BCUT2D eigenvalue weighted by Crippen LogP contribution is -2.02. The van der Waals surface area contributed by atoms with Crippen molar-refractivity contribution >= 4 is 21.6 Å². The molecule has 0 atom stereocenters. The Morgan fingerprint density at radius 3 is 2.16 bits per heavy atom. The van der Waals surface area contributed by atoms with E-state index in [1.54, 1.807) is 0 Å². The van der Waals surface area contributed by atoms with Gasteiger partial charge in [-0.05, 0) is 62.1 Å². The van der Waals surface area contributed by atoms with Gasteiger partial charge in [0.2, 0.25) is 0 Å². The summed E-state index contributed by atoms with van der Waals surface area (Å²) >= 11 is 3.60. The molecule has 2 heteroatoms. The van der Waals surface area contributed by atoms with Gasteiger partial charge in [-0.25, -0.2) is 0 Å². The molecule has 2 rings (SSSR count). The van der Waals surface area contributed by atoms with Crippen molar-refractivity contribution in [2.24, 2.45) is 0 Å². The summed E-state index contributed by atoms with van der Waals surface area (Å²) in [6, 6.07) is 11.0. The summed E-state index contributed by atoms with van der Waals surface area (Å²) in [7, 11) is 0. The van der Waals surface area contributed by atoms with Gasteiger partial charge in [0.15, 0.2) is 0 Å². The fourth-order valence-electron chi connectivity index (χ4n) is 2.24. The molecule has 1 N–H and O–H groups in total. The molecule has 0 saturated carbocycles. The van der Waals surface area contributed by atoms with Crippen LogP contribution in [0.5, 0.6) is 0 Å². The van der Waals surface area contributed by atoms with Crippen molar-refractivity contribution < 1.29 is 0 Å². The Balaban J connectivity index is 2.17. The minimum absolute atomic E-state index is 0.869. The standard InChI is InChI=1S/C17H20BrN/c1-11-5-6-12(2)15(7-11)10-19-16-8-13(3)17(18)14(4)9-16/h5-9,19H,10H2,1-4H3. The molecule has 0 fully saturated rings. The van der Waals surface area contributed by atoms with Crippen LogP contribution in [0.3, 0.4) is 0 Å². The van der Waals surface area contributed by atoms with Gasteiger partial charge in [-0.1, -0.05) is 39.7 Å². The van der Waals surface area contributed by atoms with Crippen molar-refractivity contribution in [3.63, 3.8) is 0 Å². The van der Waals surface area contributed by atoms with E-state index in [-0.39, 0.29) is 0 Å². The van der Waals surface area contributed by atoms with Crippen molar-refractivity contribution in [3.05, 3.63) is 62.6 Å². The number of aryl methyl sites for hydroxylation is 4. The molecule has 1 nitrogen and oxygen atoms in total. The van der Waals surface area contributed by atoms with Gasteiger partial charge in [-0.2, -0.15) is 0 Å². The molecule has 0 aromatic heterocycles. The molecular formula is C17H20BrN. The minimum atomic E-state index is 0.869. The fraction of sp³-hybridized carbons (Fsp3) is 0.294. The topological polar surface area (TPSA) is 12.0 Å². The lowest BCUT2D eigenvalue weighted by atomic mass is 10.1. The molecule has 2 aromatic rings. The highest BCUT2D eigenvalue weighted by atomic mass is 79.9. The number of anilines is 1. The first-order chi connectivity index (χ1) is 8.97. The molecule has 0 radical (unpaired) electrons. The maximum atomic E-state index is 3.60. The second kappa shape index (κ2) is 5.79. The molecule has 19 heavy (non-hydrogen) atoms. The van der Waals surface area contributed by atoms with Crippen LogP contribution in [0.25, 0.3) is 0 Å². The average molecular weight is 318 g/mol.